The Morgan fingerprint density at radius 2 is 1.81 bits per heavy atom. The fraction of sp³-hybridized carbons (Fsp3) is 0.455. The van der Waals surface area contributed by atoms with Gasteiger partial charge in [0.1, 0.15) is 11.4 Å². The molecule has 1 N–H and O–H groups in total. The molecule has 1 aliphatic carbocycles. The van der Waals surface area contributed by atoms with Crippen LogP contribution in [0.15, 0.2) is 48.5 Å². The number of nitrogens with zero attached hydrogens (tertiary/aromatic N) is 1. The molecule has 0 amide bonds. The van der Waals surface area contributed by atoms with Gasteiger partial charge in [-0.1, -0.05) is 42.8 Å². The van der Waals surface area contributed by atoms with Gasteiger partial charge in [0.2, 0.25) is 0 Å². The topological polar surface area (TPSA) is 32.7 Å². The average molecular weight is 372 g/mol. The number of hydrogen-bond acceptors (Lipinski definition) is 3. The van der Waals surface area contributed by atoms with E-state index in [1.807, 2.05) is 48.5 Å². The Morgan fingerprint density at radius 1 is 1.12 bits per heavy atom. The Bertz CT molecular complexity index is 781. The second kappa shape index (κ2) is 6.56. The third-order valence-corrected chi connectivity index (χ3v) is 6.22. The van der Waals surface area contributed by atoms with Gasteiger partial charge >= 0.3 is 0 Å². The number of likely N-dealkylation sites (tertiary alicyclic amines) is 1. The largest absolute Gasteiger partial charge is 0.490 e. The van der Waals surface area contributed by atoms with Crippen LogP contribution >= 0.6 is 11.6 Å². The lowest BCUT2D eigenvalue weighted by molar-refractivity contribution is -0.127. The summed E-state index contributed by atoms with van der Waals surface area (Å²) in [5.41, 5.74) is 0.354. The monoisotopic (exact) mass is 371 g/mol. The smallest absolute Gasteiger partial charge is 0.122 e. The summed E-state index contributed by atoms with van der Waals surface area (Å²) in [6.07, 6.45) is 3.88. The number of rotatable bonds is 5. The van der Waals surface area contributed by atoms with E-state index < -0.39 is 5.60 Å². The number of halogens is 1. The summed E-state index contributed by atoms with van der Waals surface area (Å²) < 4.78 is 5.97. The van der Waals surface area contributed by atoms with E-state index >= 15 is 0 Å². The van der Waals surface area contributed by atoms with Crippen molar-refractivity contribution in [3.05, 3.63) is 64.7 Å². The van der Waals surface area contributed by atoms with Crippen LogP contribution in [0, 0.1) is 5.41 Å². The van der Waals surface area contributed by atoms with E-state index in [0.717, 1.165) is 42.8 Å². The molecule has 2 aromatic rings. The van der Waals surface area contributed by atoms with Crippen molar-refractivity contribution >= 4 is 11.6 Å². The number of aliphatic hydroxyl groups is 1. The van der Waals surface area contributed by atoms with Crippen LogP contribution in [0.5, 0.6) is 5.75 Å². The first-order valence-electron chi connectivity index (χ1n) is 9.35. The van der Waals surface area contributed by atoms with Gasteiger partial charge in [0.15, 0.2) is 0 Å². The Hall–Kier alpha value is -1.55. The van der Waals surface area contributed by atoms with Crippen molar-refractivity contribution in [2.75, 3.05) is 20.1 Å². The second-order valence-corrected chi connectivity index (χ2v) is 8.59. The molecular weight excluding hydrogens is 346 g/mol. The van der Waals surface area contributed by atoms with Gasteiger partial charge in [0, 0.05) is 23.5 Å². The number of benzene rings is 2. The molecule has 2 aliphatic rings. The third-order valence-electron chi connectivity index (χ3n) is 5.98. The summed E-state index contributed by atoms with van der Waals surface area (Å²) in [5.74, 6) is 0.878. The highest BCUT2D eigenvalue weighted by Gasteiger charge is 2.55. The summed E-state index contributed by atoms with van der Waals surface area (Å²) in [6, 6.07) is 15.6. The van der Waals surface area contributed by atoms with Crippen LogP contribution in [0.25, 0.3) is 0 Å². The zero-order valence-electron chi connectivity index (χ0n) is 15.4. The van der Waals surface area contributed by atoms with Gasteiger partial charge in [0.05, 0.1) is 6.10 Å². The highest BCUT2D eigenvalue weighted by atomic mass is 35.5. The summed E-state index contributed by atoms with van der Waals surface area (Å²) in [6.45, 7) is 3.80. The minimum atomic E-state index is -1.10. The first-order chi connectivity index (χ1) is 12.4. The quantitative estimate of drug-likeness (QED) is 0.842. The van der Waals surface area contributed by atoms with Gasteiger partial charge in [-0.15, -0.1) is 0 Å². The lowest BCUT2D eigenvalue weighted by Crippen LogP contribution is -2.63. The molecular formula is C22H26ClNO2. The van der Waals surface area contributed by atoms with Crippen LogP contribution in [0.3, 0.4) is 0 Å². The number of hydrogen-bond donors (Lipinski definition) is 1. The second-order valence-electron chi connectivity index (χ2n) is 8.15. The van der Waals surface area contributed by atoms with Gasteiger partial charge in [0.25, 0.3) is 0 Å². The normalized spacial score (nSPS) is 22.2. The van der Waals surface area contributed by atoms with E-state index in [-0.39, 0.29) is 5.41 Å². The molecule has 0 bridgehead atoms. The van der Waals surface area contributed by atoms with Crippen LogP contribution in [0.4, 0.5) is 0 Å². The van der Waals surface area contributed by atoms with Crippen molar-refractivity contribution in [3.63, 3.8) is 0 Å². The standard InChI is InChI=1S/C22H26ClNO2/c1-21(14-24(2)15-21)22(25,17-5-3-6-18(23)13-17)16-9-11-20(12-10-16)26-19-7-4-8-19/h3,5-6,9-13,19,25H,4,7-8,14-15H2,1-2H3/t22-/m1/s1. The van der Waals surface area contributed by atoms with Crippen molar-refractivity contribution in [2.24, 2.45) is 5.41 Å². The van der Waals surface area contributed by atoms with Crippen LogP contribution in [0.1, 0.15) is 37.3 Å². The lowest BCUT2D eigenvalue weighted by Gasteiger charge is -2.56. The molecule has 4 heteroatoms. The lowest BCUT2D eigenvalue weighted by atomic mass is 9.62. The van der Waals surface area contributed by atoms with Crippen LogP contribution < -0.4 is 4.74 Å². The number of ether oxygens (including phenoxy) is 1. The summed E-state index contributed by atoms with van der Waals surface area (Å²) in [5, 5.41) is 12.6. The zero-order valence-corrected chi connectivity index (χ0v) is 16.2. The maximum atomic E-state index is 12.0. The Labute approximate surface area is 160 Å². The fourth-order valence-corrected chi connectivity index (χ4v) is 4.60. The Balaban J connectivity index is 1.71. The predicted octanol–water partition coefficient (Wildman–Crippen LogP) is 4.46. The Kier molecular flexibility index (Phi) is 4.50. The third kappa shape index (κ3) is 2.92. The molecule has 1 aliphatic heterocycles. The molecule has 2 fully saturated rings. The highest BCUT2D eigenvalue weighted by Crippen LogP contribution is 2.50. The Morgan fingerprint density at radius 3 is 2.35 bits per heavy atom. The minimum absolute atomic E-state index is 0.275. The molecule has 1 atom stereocenters. The van der Waals surface area contributed by atoms with Crippen molar-refractivity contribution in [1.82, 2.24) is 4.90 Å². The highest BCUT2D eigenvalue weighted by molar-refractivity contribution is 6.30. The van der Waals surface area contributed by atoms with E-state index in [9.17, 15) is 5.11 Å². The first-order valence-corrected chi connectivity index (χ1v) is 9.73. The van der Waals surface area contributed by atoms with Crippen molar-refractivity contribution in [1.29, 1.82) is 0 Å². The first kappa shape index (κ1) is 17.8. The molecule has 2 aromatic carbocycles. The molecule has 0 aromatic heterocycles. The molecule has 1 saturated carbocycles. The zero-order chi connectivity index (χ0) is 18.4. The van der Waals surface area contributed by atoms with Crippen LogP contribution in [-0.4, -0.2) is 36.2 Å². The maximum Gasteiger partial charge on any atom is 0.122 e. The van der Waals surface area contributed by atoms with Gasteiger partial charge in [-0.2, -0.15) is 0 Å². The molecule has 3 nitrogen and oxygen atoms in total. The molecule has 0 unspecified atom stereocenters. The van der Waals surface area contributed by atoms with Crippen LogP contribution in [-0.2, 0) is 5.60 Å². The predicted molar refractivity (Wildman–Crippen MR) is 105 cm³/mol. The molecule has 26 heavy (non-hydrogen) atoms. The maximum absolute atomic E-state index is 12.0. The van der Waals surface area contributed by atoms with E-state index in [4.69, 9.17) is 16.3 Å². The summed E-state index contributed by atoms with van der Waals surface area (Å²) in [4.78, 5) is 2.23. The van der Waals surface area contributed by atoms with Crippen LogP contribution in [0.2, 0.25) is 5.02 Å². The van der Waals surface area contributed by atoms with Crippen molar-refractivity contribution < 1.29 is 9.84 Å². The van der Waals surface area contributed by atoms with Crippen molar-refractivity contribution in [2.45, 2.75) is 37.9 Å². The molecule has 0 spiro atoms. The van der Waals surface area contributed by atoms with Gasteiger partial charge < -0.3 is 14.7 Å². The molecule has 138 valence electrons. The van der Waals surface area contributed by atoms with E-state index in [2.05, 4.69) is 18.9 Å². The average Bonchev–Trinajstić information content (AvgIpc) is 2.56. The molecule has 1 heterocycles. The van der Waals surface area contributed by atoms with Crippen molar-refractivity contribution in [3.8, 4) is 5.75 Å². The molecule has 4 rings (SSSR count). The van der Waals surface area contributed by atoms with E-state index in [1.54, 1.807) is 0 Å². The van der Waals surface area contributed by atoms with E-state index in [1.165, 1.54) is 6.42 Å². The van der Waals surface area contributed by atoms with Gasteiger partial charge in [-0.3, -0.25) is 0 Å². The van der Waals surface area contributed by atoms with Gasteiger partial charge in [-0.25, -0.2) is 0 Å². The minimum Gasteiger partial charge on any atom is -0.490 e. The molecule has 0 radical (unpaired) electrons. The summed E-state index contributed by atoms with van der Waals surface area (Å²) >= 11 is 6.24. The fourth-order valence-electron chi connectivity index (χ4n) is 4.41. The SMILES string of the molecule is CN1CC(C)([C@@](O)(c2ccc(OC3CCC3)cc2)c2cccc(Cl)c2)C1. The van der Waals surface area contributed by atoms with Gasteiger partial charge in [-0.05, 0) is 61.7 Å². The molecule has 1 saturated heterocycles. The summed E-state index contributed by atoms with van der Waals surface area (Å²) in [7, 11) is 2.08. The van der Waals surface area contributed by atoms with E-state index in [0.29, 0.717) is 11.1 Å².